The Labute approximate surface area is 349 Å². The van der Waals surface area contributed by atoms with Crippen LogP contribution in [0.1, 0.15) is 0 Å². The summed E-state index contributed by atoms with van der Waals surface area (Å²) in [5.41, 5.74) is 5.16. The molecule has 2 nitrogen and oxygen atoms in total. The number of benzene rings is 8. The normalized spacial score (nSPS) is 14.4. The smallest absolute Gasteiger partial charge is 0.318 e. The Bertz CT molecular complexity index is 2710. The van der Waals surface area contributed by atoms with E-state index in [-0.39, 0.29) is 0 Å². The molecule has 0 spiro atoms. The first-order valence-corrected chi connectivity index (χ1v) is 25.2. The molecule has 8 aromatic carbocycles. The Morgan fingerprint density at radius 3 is 0.845 bits per heavy atom. The molecule has 1 aliphatic heterocycles. The molecule has 0 radical (unpaired) electrons. The Balaban J connectivity index is 1.41. The van der Waals surface area contributed by atoms with Crippen molar-refractivity contribution in [2.75, 3.05) is 8.46 Å². The van der Waals surface area contributed by atoms with Crippen LogP contribution in [0.25, 0.3) is 41.1 Å². The molecule has 0 aliphatic carbocycles. The summed E-state index contributed by atoms with van der Waals surface area (Å²) >= 11 is 3.85. The fourth-order valence-corrected chi connectivity index (χ4v) is 27.5. The summed E-state index contributed by atoms with van der Waals surface area (Å²) in [6, 6.07) is 86.5. The van der Waals surface area contributed by atoms with E-state index in [2.05, 4.69) is 239 Å². The highest BCUT2D eigenvalue weighted by molar-refractivity contribution is 7.39. The average Bonchev–Trinajstić information content (AvgIpc) is 3.87. The van der Waals surface area contributed by atoms with Gasteiger partial charge in [0.2, 0.25) is 0 Å². The van der Waals surface area contributed by atoms with Gasteiger partial charge < -0.3 is 8.46 Å². The molecule has 3 heterocycles. The zero-order chi connectivity index (χ0) is 38.5. The van der Waals surface area contributed by atoms with Crippen molar-refractivity contribution in [3.8, 4) is 20.9 Å². The maximum Gasteiger partial charge on any atom is 0.318 e. The summed E-state index contributed by atoms with van der Waals surface area (Å²) in [7, 11) is -6.57. The van der Waals surface area contributed by atoms with Gasteiger partial charge in [-0.05, 0) is 44.0 Å². The monoisotopic (exact) mass is 810 g/mol. The van der Waals surface area contributed by atoms with Crippen LogP contribution in [0.4, 0.5) is 11.4 Å². The van der Waals surface area contributed by atoms with Crippen LogP contribution in [0.5, 0.6) is 0 Å². The third-order valence-electron chi connectivity index (χ3n) is 11.7. The van der Waals surface area contributed by atoms with Gasteiger partial charge in [-0.2, -0.15) is 0 Å². The van der Waals surface area contributed by atoms with Crippen molar-refractivity contribution in [1.29, 1.82) is 0 Å². The summed E-state index contributed by atoms with van der Waals surface area (Å²) in [5.74, 6) is 0. The maximum atomic E-state index is 3.08. The molecule has 0 N–H and O–H groups in total. The molecular formula is C52H38N2S2Si2. The van der Waals surface area contributed by atoms with Crippen LogP contribution >= 0.6 is 22.7 Å². The van der Waals surface area contributed by atoms with E-state index in [1.54, 1.807) is 0 Å². The molecule has 1 fully saturated rings. The van der Waals surface area contributed by atoms with Crippen LogP contribution in [0.3, 0.4) is 0 Å². The van der Waals surface area contributed by atoms with Crippen molar-refractivity contribution in [2.45, 2.75) is 0 Å². The molecule has 1 saturated heterocycles. The summed E-state index contributed by atoms with van der Waals surface area (Å²) in [6.45, 7) is 0. The molecule has 0 amide bonds. The Morgan fingerprint density at radius 2 is 0.534 bits per heavy atom. The topological polar surface area (TPSA) is 6.48 Å². The fraction of sp³-hybridized carbons (Fsp3) is 0. The molecule has 1 aliphatic rings. The highest BCUT2D eigenvalue weighted by atomic mass is 32.1. The molecule has 0 bridgehead atoms. The standard InChI is InChI=1S/C52H38N2S2Si2/c1-7-23-39(24-8-1)51-49(45-35-19-21-37-47(45)55-51)53-57(41-27-11-3-12-28-41,42-29-13-4-14-30-42)54(58(53,43-31-15-5-16-32-43)44-33-17-6-18-34-44)50-46-36-20-22-38-48(46)56-52(50)40-25-9-2-10-26-40/h1-38H. The zero-order valence-electron chi connectivity index (χ0n) is 31.7. The van der Waals surface area contributed by atoms with Crippen LogP contribution in [0.2, 0.25) is 0 Å². The largest absolute Gasteiger partial charge is 0.377 e. The lowest BCUT2D eigenvalue weighted by molar-refractivity contribution is 1.24. The molecule has 58 heavy (non-hydrogen) atoms. The van der Waals surface area contributed by atoms with Gasteiger partial charge in [-0.15, -0.1) is 22.7 Å². The number of fused-ring (bicyclic) bond motifs is 2. The molecule has 2 aromatic heterocycles. The second kappa shape index (κ2) is 14.3. The van der Waals surface area contributed by atoms with Gasteiger partial charge in [-0.3, -0.25) is 0 Å². The lowest BCUT2D eigenvalue weighted by atomic mass is 10.1. The van der Waals surface area contributed by atoms with Gasteiger partial charge in [0.25, 0.3) is 0 Å². The molecular weight excluding hydrogens is 773 g/mol. The van der Waals surface area contributed by atoms with Crippen molar-refractivity contribution < 1.29 is 0 Å². The number of rotatable bonds is 8. The quantitative estimate of drug-likeness (QED) is 0.141. The predicted molar refractivity (Wildman–Crippen MR) is 255 cm³/mol. The van der Waals surface area contributed by atoms with Crippen LogP contribution in [0, 0.1) is 0 Å². The van der Waals surface area contributed by atoms with E-state index in [0.717, 1.165) is 0 Å². The minimum Gasteiger partial charge on any atom is -0.377 e. The van der Waals surface area contributed by atoms with Crippen molar-refractivity contribution in [3.05, 3.63) is 231 Å². The van der Waals surface area contributed by atoms with Gasteiger partial charge in [0.05, 0.1) is 21.1 Å². The third-order valence-corrected chi connectivity index (χ3v) is 26.0. The fourth-order valence-electron chi connectivity index (χ4n) is 9.40. The minimum absolute atomic E-state index is 1.25. The first-order chi connectivity index (χ1) is 28.8. The molecule has 276 valence electrons. The summed E-state index contributed by atoms with van der Waals surface area (Å²) < 4.78 is 8.76. The molecule has 10 aromatic rings. The Hall–Kier alpha value is -6.29. The van der Waals surface area contributed by atoms with E-state index in [4.69, 9.17) is 0 Å². The van der Waals surface area contributed by atoms with Crippen molar-refractivity contribution >= 4 is 91.8 Å². The van der Waals surface area contributed by atoms with E-state index in [1.807, 2.05) is 22.7 Å². The molecule has 0 unspecified atom stereocenters. The SMILES string of the molecule is c1ccc(-c2sc3ccccc3c2N2[Si](c3ccccc3)(c3ccccc3)N(c3c(-c4ccccc4)sc4ccccc34)[Si]2(c2ccccc2)c2ccccc2)cc1. The molecule has 11 rings (SSSR count). The van der Waals surface area contributed by atoms with E-state index in [0.29, 0.717) is 0 Å². The van der Waals surface area contributed by atoms with Gasteiger partial charge in [0.15, 0.2) is 0 Å². The highest BCUT2D eigenvalue weighted by Crippen LogP contribution is 2.57. The van der Waals surface area contributed by atoms with E-state index >= 15 is 0 Å². The third kappa shape index (κ3) is 5.13. The predicted octanol–water partition coefficient (Wildman–Crippen LogP) is 11.3. The lowest BCUT2D eigenvalue weighted by Gasteiger charge is -2.73. The van der Waals surface area contributed by atoms with Gasteiger partial charge in [0, 0.05) is 20.2 Å². The van der Waals surface area contributed by atoms with Crippen molar-refractivity contribution in [3.63, 3.8) is 0 Å². The lowest BCUT2D eigenvalue weighted by Crippen LogP contribution is -3.07. The van der Waals surface area contributed by atoms with Crippen molar-refractivity contribution in [2.24, 2.45) is 0 Å². The second-order valence-corrected chi connectivity index (χ2v) is 24.5. The van der Waals surface area contributed by atoms with E-state index in [9.17, 15) is 0 Å². The minimum atomic E-state index is -3.29. The number of thiophene rings is 2. The zero-order valence-corrected chi connectivity index (χ0v) is 35.3. The van der Waals surface area contributed by atoms with E-state index < -0.39 is 16.8 Å². The maximum absolute atomic E-state index is 3.29. The van der Waals surface area contributed by atoms with Gasteiger partial charge >= 0.3 is 16.8 Å². The highest BCUT2D eigenvalue weighted by Gasteiger charge is 2.76. The number of hydrogen-bond donors (Lipinski definition) is 0. The summed E-state index contributed by atoms with van der Waals surface area (Å²) in [4.78, 5) is 2.62. The van der Waals surface area contributed by atoms with Crippen LogP contribution < -0.4 is 29.2 Å². The second-order valence-electron chi connectivity index (χ2n) is 14.8. The number of nitrogens with zero attached hydrogens (tertiary/aromatic N) is 2. The van der Waals surface area contributed by atoms with Gasteiger partial charge in [0.1, 0.15) is 0 Å². The van der Waals surface area contributed by atoms with E-state index in [1.165, 1.54) is 73.2 Å². The summed E-state index contributed by atoms with van der Waals surface area (Å²) in [6.07, 6.45) is 0. The van der Waals surface area contributed by atoms with Crippen LogP contribution in [-0.4, -0.2) is 16.8 Å². The molecule has 0 saturated carbocycles. The Morgan fingerprint density at radius 1 is 0.276 bits per heavy atom. The van der Waals surface area contributed by atoms with Gasteiger partial charge in [-0.1, -0.05) is 218 Å². The first-order valence-electron chi connectivity index (χ1n) is 19.8. The van der Waals surface area contributed by atoms with Gasteiger partial charge in [-0.25, -0.2) is 0 Å². The number of hydrogen-bond acceptors (Lipinski definition) is 4. The summed E-state index contributed by atoms with van der Waals surface area (Å²) in [5, 5.41) is 8.05. The number of anilines is 2. The van der Waals surface area contributed by atoms with Crippen LogP contribution in [0.15, 0.2) is 231 Å². The molecule has 6 heteroatoms. The molecule has 0 atom stereocenters. The van der Waals surface area contributed by atoms with Crippen LogP contribution in [-0.2, 0) is 0 Å². The van der Waals surface area contributed by atoms with Crippen molar-refractivity contribution in [1.82, 2.24) is 0 Å². The average molecular weight is 811 g/mol. The Kier molecular flexibility index (Phi) is 8.59. The first kappa shape index (κ1) is 34.9.